The summed E-state index contributed by atoms with van der Waals surface area (Å²) < 4.78 is 24.2. The quantitative estimate of drug-likeness (QED) is 0.458. The van der Waals surface area contributed by atoms with Gasteiger partial charge < -0.3 is 9.05 Å². The molecule has 1 aromatic rings. The molecule has 0 fully saturated rings. The lowest BCUT2D eigenvalue weighted by Gasteiger charge is -2.25. The number of hydrogen-bond donors (Lipinski definition) is 0. The van der Waals surface area contributed by atoms with E-state index >= 15 is 0 Å². The molecule has 0 bridgehead atoms. The van der Waals surface area contributed by atoms with Gasteiger partial charge in [0.25, 0.3) is 0 Å². The van der Waals surface area contributed by atoms with E-state index in [1.54, 1.807) is 0 Å². The van der Waals surface area contributed by atoms with Crippen molar-refractivity contribution in [2.45, 2.75) is 39.5 Å². The van der Waals surface area contributed by atoms with Gasteiger partial charge >= 0.3 is 7.60 Å². The van der Waals surface area contributed by atoms with E-state index < -0.39 is 15.7 Å². The molecule has 0 aliphatic carbocycles. The van der Waals surface area contributed by atoms with Crippen LogP contribution in [0.25, 0.3) is 6.08 Å². The topological polar surface area (TPSA) is 35.5 Å². The average Bonchev–Trinajstić information content (AvgIpc) is 2.38. The third-order valence-corrected chi connectivity index (χ3v) is 6.72. The van der Waals surface area contributed by atoms with Crippen LogP contribution in [0, 0.1) is 0 Å². The Morgan fingerprint density at radius 1 is 1.10 bits per heavy atom. The Labute approximate surface area is 129 Å². The zero-order chi connectivity index (χ0) is 15.9. The van der Waals surface area contributed by atoms with Crippen molar-refractivity contribution in [3.05, 3.63) is 41.2 Å². The highest BCUT2D eigenvalue weighted by Gasteiger charge is 2.32. The minimum Gasteiger partial charge on any atom is -0.306 e. The maximum Gasteiger partial charge on any atom is 0.357 e. The molecule has 0 saturated heterocycles. The molecular weight excluding hydrogens is 299 g/mol. The van der Waals surface area contributed by atoms with E-state index in [9.17, 15) is 4.57 Å². The molecule has 0 saturated carbocycles. The van der Waals surface area contributed by atoms with Crippen molar-refractivity contribution in [2.24, 2.45) is 0 Å². The second-order valence-corrected chi connectivity index (χ2v) is 13.7. The summed E-state index contributed by atoms with van der Waals surface area (Å²) in [6.07, 6.45) is 1.98. The molecule has 0 amide bonds. The molecule has 1 rings (SSSR count). The van der Waals surface area contributed by atoms with Crippen LogP contribution < -0.4 is 0 Å². The molecule has 118 valence electrons. The third-order valence-electron chi connectivity index (χ3n) is 2.79. The van der Waals surface area contributed by atoms with Crippen LogP contribution in [0.1, 0.15) is 19.4 Å². The van der Waals surface area contributed by atoms with Gasteiger partial charge in [-0.05, 0) is 31.5 Å². The zero-order valence-electron chi connectivity index (χ0n) is 13.8. The highest BCUT2D eigenvalue weighted by Crippen LogP contribution is 2.59. The molecule has 5 heteroatoms. The van der Waals surface area contributed by atoms with Gasteiger partial charge in [0, 0.05) is 13.4 Å². The van der Waals surface area contributed by atoms with Crippen molar-refractivity contribution in [1.82, 2.24) is 0 Å². The summed E-state index contributed by atoms with van der Waals surface area (Å²) in [5, 5.41) is 0.802. The molecule has 0 radical (unpaired) electrons. The van der Waals surface area contributed by atoms with Gasteiger partial charge in [0.2, 0.25) is 0 Å². The van der Waals surface area contributed by atoms with Crippen molar-refractivity contribution in [2.75, 3.05) is 13.2 Å². The van der Waals surface area contributed by atoms with Crippen LogP contribution in [0.15, 0.2) is 35.6 Å². The van der Waals surface area contributed by atoms with Crippen molar-refractivity contribution >= 4 is 21.7 Å². The van der Waals surface area contributed by atoms with Crippen LogP contribution in [-0.4, -0.2) is 21.3 Å². The smallest absolute Gasteiger partial charge is 0.306 e. The lowest BCUT2D eigenvalue weighted by molar-refractivity contribution is 0.226. The lowest BCUT2D eigenvalue weighted by atomic mass is 10.2. The number of benzene rings is 1. The van der Waals surface area contributed by atoms with E-state index in [0.717, 1.165) is 16.9 Å². The van der Waals surface area contributed by atoms with E-state index in [4.69, 9.17) is 9.05 Å². The van der Waals surface area contributed by atoms with Gasteiger partial charge in [-0.15, -0.1) is 0 Å². The van der Waals surface area contributed by atoms with Crippen molar-refractivity contribution in [3.63, 3.8) is 0 Å². The second-order valence-electron chi connectivity index (χ2n) is 6.12. The van der Waals surface area contributed by atoms with Crippen LogP contribution in [0.3, 0.4) is 0 Å². The molecule has 0 atom stereocenters. The molecule has 0 N–H and O–H groups in total. The highest BCUT2D eigenvalue weighted by atomic mass is 31.2. The lowest BCUT2D eigenvalue weighted by Crippen LogP contribution is -2.20. The second kappa shape index (κ2) is 8.09. The monoisotopic (exact) mass is 326 g/mol. The first-order valence-corrected chi connectivity index (χ1v) is 12.7. The predicted octanol–water partition coefficient (Wildman–Crippen LogP) is 5.63. The molecule has 3 nitrogen and oxygen atoms in total. The van der Waals surface area contributed by atoms with Gasteiger partial charge in [-0.3, -0.25) is 4.57 Å². The molecule has 0 spiro atoms. The summed E-state index contributed by atoms with van der Waals surface area (Å²) >= 11 is 0. The van der Waals surface area contributed by atoms with Crippen LogP contribution in [-0.2, 0) is 13.6 Å². The maximum atomic E-state index is 13.1. The predicted molar refractivity (Wildman–Crippen MR) is 93.4 cm³/mol. The van der Waals surface area contributed by atoms with Crippen LogP contribution in [0.4, 0.5) is 0 Å². The normalized spacial score (nSPS) is 13.5. The number of allylic oxidation sites excluding steroid dienone is 1. The average molecular weight is 326 g/mol. The van der Waals surface area contributed by atoms with Gasteiger partial charge in [0.1, 0.15) is 0 Å². The van der Waals surface area contributed by atoms with Crippen LogP contribution in [0.2, 0.25) is 25.7 Å². The number of hydrogen-bond acceptors (Lipinski definition) is 3. The summed E-state index contributed by atoms with van der Waals surface area (Å²) in [6, 6.07) is 10.7. The maximum absolute atomic E-state index is 13.1. The van der Waals surface area contributed by atoms with E-state index in [1.165, 1.54) is 0 Å². The number of rotatable bonds is 8. The Bertz CT molecular complexity index is 496. The molecular formula is C16H27O3PSi. The molecule has 1 aromatic carbocycles. The molecule has 0 aliphatic rings. The Balaban J connectivity index is 3.23. The standard InChI is InChI=1S/C16H27O3PSi/c1-6-18-20(17,19-7-2)16(14-21(3,4)5)13-15-11-9-8-10-12-15/h8-13H,6-7,14H2,1-5H3/b16-13+. The summed E-state index contributed by atoms with van der Waals surface area (Å²) in [5.74, 6) is 0. The third kappa shape index (κ3) is 6.31. The Morgan fingerprint density at radius 2 is 1.62 bits per heavy atom. The van der Waals surface area contributed by atoms with Crippen molar-refractivity contribution in [3.8, 4) is 0 Å². The summed E-state index contributed by atoms with van der Waals surface area (Å²) in [7, 11) is -4.64. The summed E-state index contributed by atoms with van der Waals surface area (Å²) in [6.45, 7) is 11.2. The fourth-order valence-corrected chi connectivity index (χ4v) is 6.83. The SMILES string of the molecule is CCOP(=O)(OCC)/C(=C/c1ccccc1)C[Si](C)(C)C. The molecule has 0 aromatic heterocycles. The van der Waals surface area contributed by atoms with Gasteiger partial charge in [-0.1, -0.05) is 50.0 Å². The molecule has 0 aliphatic heterocycles. The van der Waals surface area contributed by atoms with Gasteiger partial charge in [-0.25, -0.2) is 0 Å². The van der Waals surface area contributed by atoms with Crippen molar-refractivity contribution < 1.29 is 13.6 Å². The zero-order valence-corrected chi connectivity index (χ0v) is 15.7. The Hall–Kier alpha value is -0.673. The largest absolute Gasteiger partial charge is 0.357 e. The molecule has 21 heavy (non-hydrogen) atoms. The first kappa shape index (κ1) is 18.4. The van der Waals surface area contributed by atoms with Crippen LogP contribution in [0.5, 0.6) is 0 Å². The van der Waals surface area contributed by atoms with E-state index in [0.29, 0.717) is 13.2 Å². The minimum absolute atomic E-state index is 0.384. The Kier molecular flexibility index (Phi) is 7.08. The fourth-order valence-electron chi connectivity index (χ4n) is 2.05. The van der Waals surface area contributed by atoms with Gasteiger partial charge in [0.15, 0.2) is 0 Å². The first-order chi connectivity index (χ1) is 9.80. The van der Waals surface area contributed by atoms with E-state index in [2.05, 4.69) is 19.6 Å². The molecule has 0 heterocycles. The van der Waals surface area contributed by atoms with Crippen molar-refractivity contribution in [1.29, 1.82) is 0 Å². The van der Waals surface area contributed by atoms with Gasteiger partial charge in [-0.2, -0.15) is 0 Å². The minimum atomic E-state index is -3.20. The molecule has 0 unspecified atom stereocenters. The van der Waals surface area contributed by atoms with Gasteiger partial charge in [0.05, 0.1) is 13.2 Å². The summed E-state index contributed by atoms with van der Waals surface area (Å²) in [5.41, 5.74) is 1.03. The Morgan fingerprint density at radius 3 is 2.05 bits per heavy atom. The fraction of sp³-hybridized carbons (Fsp3) is 0.500. The van der Waals surface area contributed by atoms with E-state index in [-0.39, 0.29) is 0 Å². The van der Waals surface area contributed by atoms with E-state index in [1.807, 2.05) is 50.3 Å². The summed E-state index contributed by atoms with van der Waals surface area (Å²) in [4.78, 5) is 0. The van der Waals surface area contributed by atoms with Crippen LogP contribution >= 0.6 is 7.60 Å². The first-order valence-electron chi connectivity index (χ1n) is 7.46. The highest BCUT2D eigenvalue weighted by molar-refractivity contribution is 7.59.